The highest BCUT2D eigenvalue weighted by Crippen LogP contribution is 2.23. The molecule has 0 bridgehead atoms. The minimum Gasteiger partial charge on any atom is -0.361 e. The average molecular weight is 402 g/mol. The third-order valence-corrected chi connectivity index (χ3v) is 5.76. The molecule has 1 fully saturated rings. The third kappa shape index (κ3) is 5.25. The molecule has 1 aliphatic heterocycles. The molecule has 2 aromatic rings. The summed E-state index contributed by atoms with van der Waals surface area (Å²) < 4.78 is 6.98. The molecule has 1 aliphatic rings. The number of piperidine rings is 1. The van der Waals surface area contributed by atoms with Crippen molar-refractivity contribution in [1.29, 1.82) is 0 Å². The molecule has 3 heterocycles. The summed E-state index contributed by atoms with van der Waals surface area (Å²) in [5, 5.41) is 11.3. The van der Waals surface area contributed by atoms with Crippen LogP contribution in [0.1, 0.15) is 55.3 Å². The highest BCUT2D eigenvalue weighted by molar-refractivity contribution is 5.91. The second kappa shape index (κ2) is 9.24. The zero-order valence-electron chi connectivity index (χ0n) is 17.8. The van der Waals surface area contributed by atoms with Crippen LogP contribution in [-0.4, -0.2) is 44.7 Å². The number of nitrogens with one attached hydrogen (secondary N) is 1. The van der Waals surface area contributed by atoms with E-state index in [9.17, 15) is 9.59 Å². The van der Waals surface area contributed by atoms with Crippen LogP contribution in [0.2, 0.25) is 0 Å². The van der Waals surface area contributed by atoms with Crippen molar-refractivity contribution in [3.05, 3.63) is 28.9 Å². The van der Waals surface area contributed by atoms with Gasteiger partial charge in [-0.3, -0.25) is 14.3 Å². The van der Waals surface area contributed by atoms with E-state index in [4.69, 9.17) is 4.52 Å². The molecule has 0 spiro atoms. The van der Waals surface area contributed by atoms with Gasteiger partial charge in [-0.2, -0.15) is 5.10 Å². The van der Waals surface area contributed by atoms with Crippen LogP contribution < -0.4 is 5.32 Å². The van der Waals surface area contributed by atoms with Crippen molar-refractivity contribution >= 4 is 17.5 Å². The van der Waals surface area contributed by atoms with Gasteiger partial charge in [-0.15, -0.1) is 0 Å². The number of likely N-dealkylation sites (tertiary alicyclic amines) is 1. The van der Waals surface area contributed by atoms with Crippen molar-refractivity contribution in [2.24, 2.45) is 5.92 Å². The summed E-state index contributed by atoms with van der Waals surface area (Å²) in [6.45, 7) is 9.90. The van der Waals surface area contributed by atoms with Gasteiger partial charge in [-0.05, 0) is 52.9 Å². The van der Waals surface area contributed by atoms with Crippen molar-refractivity contribution in [2.75, 3.05) is 18.4 Å². The smallest absolute Gasteiger partial charge is 0.224 e. The molecule has 0 aliphatic carbocycles. The quantitative estimate of drug-likeness (QED) is 0.770. The average Bonchev–Trinajstić information content (AvgIpc) is 3.21. The molecule has 158 valence electrons. The number of carbonyl (C=O) groups is 2. The predicted molar refractivity (Wildman–Crippen MR) is 109 cm³/mol. The van der Waals surface area contributed by atoms with Crippen LogP contribution in [0, 0.1) is 26.7 Å². The number of hydrogen-bond donors (Lipinski definition) is 1. The van der Waals surface area contributed by atoms with Gasteiger partial charge >= 0.3 is 0 Å². The molecular weight excluding hydrogens is 370 g/mol. The number of aromatic nitrogens is 3. The summed E-state index contributed by atoms with van der Waals surface area (Å²) in [5.41, 5.74) is 3.51. The van der Waals surface area contributed by atoms with Gasteiger partial charge in [0, 0.05) is 44.2 Å². The fourth-order valence-corrected chi connectivity index (χ4v) is 3.90. The Hall–Kier alpha value is -2.64. The Balaban J connectivity index is 1.42. The van der Waals surface area contributed by atoms with Gasteiger partial charge < -0.3 is 14.7 Å². The van der Waals surface area contributed by atoms with E-state index in [1.807, 2.05) is 43.5 Å². The largest absolute Gasteiger partial charge is 0.361 e. The first-order chi connectivity index (χ1) is 13.9. The first-order valence-electron chi connectivity index (χ1n) is 10.4. The van der Waals surface area contributed by atoms with Crippen LogP contribution in [0.4, 0.5) is 5.69 Å². The summed E-state index contributed by atoms with van der Waals surface area (Å²) in [6.07, 6.45) is 5.20. The zero-order chi connectivity index (χ0) is 21.0. The molecule has 0 radical (unpaired) electrons. The summed E-state index contributed by atoms with van der Waals surface area (Å²) in [4.78, 5) is 26.9. The lowest BCUT2D eigenvalue weighted by atomic mass is 9.93. The minimum atomic E-state index is 0.0203. The van der Waals surface area contributed by atoms with Gasteiger partial charge in [-0.1, -0.05) is 5.16 Å². The fourth-order valence-electron chi connectivity index (χ4n) is 3.90. The Labute approximate surface area is 171 Å². The molecular formula is C21H31N5O3. The molecule has 1 saturated heterocycles. The molecule has 8 heteroatoms. The van der Waals surface area contributed by atoms with Crippen LogP contribution >= 0.6 is 0 Å². The minimum absolute atomic E-state index is 0.0203. The number of carbonyl (C=O) groups excluding carboxylic acids is 2. The van der Waals surface area contributed by atoms with E-state index in [-0.39, 0.29) is 11.8 Å². The topological polar surface area (TPSA) is 93.3 Å². The number of aryl methyl sites for hydroxylation is 4. The van der Waals surface area contributed by atoms with E-state index in [1.165, 1.54) is 0 Å². The number of anilines is 1. The summed E-state index contributed by atoms with van der Waals surface area (Å²) in [6, 6.07) is 0. The van der Waals surface area contributed by atoms with Crippen LogP contribution in [-0.2, 0) is 22.6 Å². The first-order valence-corrected chi connectivity index (χ1v) is 10.4. The molecule has 0 saturated carbocycles. The number of rotatable bonds is 7. The standard InChI is InChI=1S/C21H31N5O3/c1-5-26-13-19(15(3)23-26)22-20(27)12-17-8-10-25(11-9-17)21(28)7-6-18-14(2)24-29-16(18)4/h13,17H,5-12H2,1-4H3,(H,22,27). The van der Waals surface area contributed by atoms with Gasteiger partial charge in [0.05, 0.1) is 17.1 Å². The van der Waals surface area contributed by atoms with Crippen LogP contribution in [0.15, 0.2) is 10.7 Å². The molecule has 0 aromatic carbocycles. The monoisotopic (exact) mass is 401 g/mol. The lowest BCUT2D eigenvalue weighted by molar-refractivity contribution is -0.132. The maximum Gasteiger partial charge on any atom is 0.224 e. The lowest BCUT2D eigenvalue weighted by Crippen LogP contribution is -2.39. The predicted octanol–water partition coefficient (Wildman–Crippen LogP) is 3.02. The molecule has 0 atom stereocenters. The van der Waals surface area contributed by atoms with Crippen molar-refractivity contribution < 1.29 is 14.1 Å². The highest BCUT2D eigenvalue weighted by Gasteiger charge is 2.25. The van der Waals surface area contributed by atoms with Crippen LogP contribution in [0.3, 0.4) is 0 Å². The number of nitrogens with zero attached hydrogens (tertiary/aromatic N) is 4. The molecule has 1 N–H and O–H groups in total. The van der Waals surface area contributed by atoms with Crippen LogP contribution in [0.25, 0.3) is 0 Å². The van der Waals surface area contributed by atoms with E-state index in [1.54, 1.807) is 0 Å². The second-order valence-corrected chi connectivity index (χ2v) is 7.86. The van der Waals surface area contributed by atoms with E-state index < -0.39 is 0 Å². The molecule has 3 rings (SSSR count). The van der Waals surface area contributed by atoms with Crippen molar-refractivity contribution in [2.45, 2.75) is 66.3 Å². The normalized spacial score (nSPS) is 15.0. The molecule has 0 unspecified atom stereocenters. The van der Waals surface area contributed by atoms with Crippen molar-refractivity contribution in [3.63, 3.8) is 0 Å². The van der Waals surface area contributed by atoms with E-state index >= 15 is 0 Å². The maximum atomic E-state index is 12.5. The Morgan fingerprint density at radius 2 is 1.93 bits per heavy atom. The fraction of sp³-hybridized carbons (Fsp3) is 0.619. The van der Waals surface area contributed by atoms with E-state index in [2.05, 4.69) is 15.6 Å². The molecule has 29 heavy (non-hydrogen) atoms. The van der Waals surface area contributed by atoms with Crippen molar-refractivity contribution in [3.8, 4) is 0 Å². The van der Waals surface area contributed by atoms with Gasteiger partial charge in [0.2, 0.25) is 11.8 Å². The van der Waals surface area contributed by atoms with E-state index in [0.29, 0.717) is 38.3 Å². The molecule has 8 nitrogen and oxygen atoms in total. The zero-order valence-corrected chi connectivity index (χ0v) is 17.8. The third-order valence-electron chi connectivity index (χ3n) is 5.76. The van der Waals surface area contributed by atoms with Gasteiger partial charge in [0.25, 0.3) is 0 Å². The van der Waals surface area contributed by atoms with Gasteiger partial charge in [0.15, 0.2) is 0 Å². The van der Waals surface area contributed by atoms with Gasteiger partial charge in [-0.25, -0.2) is 0 Å². The second-order valence-electron chi connectivity index (χ2n) is 7.86. The van der Waals surface area contributed by atoms with Crippen LogP contribution in [0.5, 0.6) is 0 Å². The van der Waals surface area contributed by atoms with E-state index in [0.717, 1.165) is 47.8 Å². The van der Waals surface area contributed by atoms with Gasteiger partial charge in [0.1, 0.15) is 5.76 Å². The maximum absolute atomic E-state index is 12.5. The summed E-state index contributed by atoms with van der Waals surface area (Å²) in [7, 11) is 0. The van der Waals surface area contributed by atoms with Crippen molar-refractivity contribution in [1.82, 2.24) is 19.8 Å². The number of amides is 2. The molecule has 2 aromatic heterocycles. The number of hydrogen-bond acceptors (Lipinski definition) is 5. The SMILES string of the molecule is CCn1cc(NC(=O)CC2CCN(C(=O)CCc3c(C)noc3C)CC2)c(C)n1. The Morgan fingerprint density at radius 1 is 1.21 bits per heavy atom. The first kappa shape index (κ1) is 21.1. The molecule has 2 amide bonds. The summed E-state index contributed by atoms with van der Waals surface area (Å²) in [5.74, 6) is 1.28. The highest BCUT2D eigenvalue weighted by atomic mass is 16.5. The Morgan fingerprint density at radius 3 is 2.52 bits per heavy atom. The Kier molecular flexibility index (Phi) is 6.71. The lowest BCUT2D eigenvalue weighted by Gasteiger charge is -2.31. The summed E-state index contributed by atoms with van der Waals surface area (Å²) >= 11 is 0. The Bertz CT molecular complexity index is 842.